The largest absolute Gasteiger partial charge is 0.333 e. The summed E-state index contributed by atoms with van der Waals surface area (Å²) in [6.07, 6.45) is 0. The van der Waals surface area contributed by atoms with Crippen LogP contribution in [0.3, 0.4) is 0 Å². The second-order valence-corrected chi connectivity index (χ2v) is 6.10. The molecule has 3 rings (SSSR count). The van der Waals surface area contributed by atoms with E-state index in [0.717, 1.165) is 11.0 Å². The molecule has 0 aliphatic heterocycles. The van der Waals surface area contributed by atoms with Crippen molar-refractivity contribution in [2.45, 2.75) is 13.0 Å². The van der Waals surface area contributed by atoms with Gasteiger partial charge in [-0.2, -0.15) is 5.10 Å². The van der Waals surface area contributed by atoms with Crippen LogP contribution in [0.5, 0.6) is 0 Å². The van der Waals surface area contributed by atoms with E-state index in [1.54, 1.807) is 0 Å². The van der Waals surface area contributed by atoms with Gasteiger partial charge >= 0.3 is 0 Å². The van der Waals surface area contributed by atoms with Crippen LogP contribution in [0.4, 0.5) is 22.0 Å². The molecule has 10 heteroatoms. The van der Waals surface area contributed by atoms with E-state index >= 15 is 0 Å². The van der Waals surface area contributed by atoms with Gasteiger partial charge in [0.25, 0.3) is 11.5 Å². The topological polar surface area (TPSA) is 66.1 Å². The number of carbonyl (C=O) groups is 1. The third-order valence-corrected chi connectivity index (χ3v) is 4.39. The monoisotopic (exact) mass is 397 g/mol. The number of amides is 1. The minimum atomic E-state index is -1.71. The van der Waals surface area contributed by atoms with Crippen LogP contribution in [-0.2, 0) is 0 Å². The molecule has 2 aromatic carbocycles. The number of benzene rings is 2. The van der Waals surface area contributed by atoms with Gasteiger partial charge in [0.05, 0.1) is 17.1 Å². The summed E-state index contributed by atoms with van der Waals surface area (Å²) in [4.78, 5) is 25.4. The zero-order chi connectivity index (χ0) is 20.7. The van der Waals surface area contributed by atoms with Crippen molar-refractivity contribution in [3.05, 3.63) is 75.0 Å². The van der Waals surface area contributed by atoms with Gasteiger partial charge in [-0.1, -0.05) is 0 Å². The number of aromatic amines is 1. The summed E-state index contributed by atoms with van der Waals surface area (Å²) in [5, 5.41) is 5.70. The lowest BCUT2D eigenvalue weighted by Crippen LogP contribution is -2.31. The Kier molecular flexibility index (Phi) is 4.88. The molecule has 0 bridgehead atoms. The average Bonchev–Trinajstić information content (AvgIpc) is 2.66. The first-order valence-electron chi connectivity index (χ1n) is 7.90. The summed E-state index contributed by atoms with van der Waals surface area (Å²) in [6.45, 7) is 1.45. The number of nitrogens with one attached hydrogen (secondary N) is 1. The van der Waals surface area contributed by atoms with Gasteiger partial charge in [0.15, 0.2) is 29.1 Å². The van der Waals surface area contributed by atoms with Crippen LogP contribution in [0.15, 0.2) is 29.1 Å². The van der Waals surface area contributed by atoms with Crippen molar-refractivity contribution in [2.75, 3.05) is 7.05 Å². The van der Waals surface area contributed by atoms with Crippen molar-refractivity contribution in [3.63, 3.8) is 0 Å². The van der Waals surface area contributed by atoms with Crippen molar-refractivity contribution in [2.24, 2.45) is 0 Å². The summed E-state index contributed by atoms with van der Waals surface area (Å²) in [7, 11) is 1.27. The highest BCUT2D eigenvalue weighted by molar-refractivity contribution is 5.94. The number of nitrogens with zero attached hydrogens (tertiary/aromatic N) is 2. The highest BCUT2D eigenvalue weighted by Gasteiger charge is 2.25. The zero-order valence-corrected chi connectivity index (χ0v) is 14.5. The number of H-pyrrole nitrogens is 1. The van der Waals surface area contributed by atoms with Gasteiger partial charge in [-0.05, 0) is 31.2 Å². The highest BCUT2D eigenvalue weighted by Crippen LogP contribution is 2.26. The fourth-order valence-corrected chi connectivity index (χ4v) is 2.74. The second kappa shape index (κ2) is 7.02. The lowest BCUT2D eigenvalue weighted by atomic mass is 10.0. The molecular formula is C18H12F5N3O2. The van der Waals surface area contributed by atoms with E-state index in [1.165, 1.54) is 14.0 Å². The Hall–Kier alpha value is -3.30. The van der Waals surface area contributed by atoms with Crippen LogP contribution < -0.4 is 5.56 Å². The average molecular weight is 397 g/mol. The maximum absolute atomic E-state index is 13.7. The first-order valence-corrected chi connectivity index (χ1v) is 7.90. The van der Waals surface area contributed by atoms with Gasteiger partial charge in [0.1, 0.15) is 0 Å². The van der Waals surface area contributed by atoms with Crippen molar-refractivity contribution in [1.29, 1.82) is 0 Å². The van der Waals surface area contributed by atoms with Crippen LogP contribution in [0.1, 0.15) is 29.0 Å². The van der Waals surface area contributed by atoms with E-state index in [2.05, 4.69) is 10.2 Å². The first kappa shape index (κ1) is 19.5. The SMILES string of the molecule is CC(c1n[nH]c(=O)c2cc(F)c(F)cc12)N(C)C(=O)c1cc(F)c(F)c(F)c1. The van der Waals surface area contributed by atoms with Gasteiger partial charge in [-0.3, -0.25) is 9.59 Å². The van der Waals surface area contributed by atoms with Gasteiger partial charge < -0.3 is 4.90 Å². The van der Waals surface area contributed by atoms with E-state index < -0.39 is 52.2 Å². The van der Waals surface area contributed by atoms with Crippen molar-refractivity contribution in [1.82, 2.24) is 15.1 Å². The molecule has 3 aromatic rings. The Morgan fingerprint density at radius 1 is 0.964 bits per heavy atom. The summed E-state index contributed by atoms with van der Waals surface area (Å²) < 4.78 is 67.0. The van der Waals surface area contributed by atoms with Gasteiger partial charge in [-0.15, -0.1) is 0 Å². The highest BCUT2D eigenvalue weighted by atomic mass is 19.2. The quantitative estimate of drug-likeness (QED) is 0.544. The standard InChI is InChI=1S/C18H12F5N3O2/c1-7(26(2)18(28)8-3-13(21)15(23)14(22)4-8)16-9-5-11(19)12(20)6-10(9)17(27)25-24-16/h3-7H,1-2H3,(H,25,27). The smallest absolute Gasteiger partial charge is 0.272 e. The minimum Gasteiger partial charge on any atom is -0.333 e. The fraction of sp³-hybridized carbons (Fsp3) is 0.167. The number of rotatable bonds is 3. The maximum atomic E-state index is 13.7. The summed E-state index contributed by atoms with van der Waals surface area (Å²) in [6, 6.07) is 1.63. The first-order chi connectivity index (χ1) is 13.1. The molecule has 0 aliphatic carbocycles. The molecule has 0 spiro atoms. The minimum absolute atomic E-state index is 0.0207. The maximum Gasteiger partial charge on any atom is 0.272 e. The Labute approximate surface area is 154 Å². The second-order valence-electron chi connectivity index (χ2n) is 6.10. The van der Waals surface area contributed by atoms with Crippen molar-refractivity contribution < 1.29 is 26.7 Å². The molecule has 0 fully saturated rings. The molecule has 1 unspecified atom stereocenters. The van der Waals surface area contributed by atoms with Crippen LogP contribution in [0.25, 0.3) is 10.8 Å². The summed E-state index contributed by atoms with van der Waals surface area (Å²) in [5.74, 6) is -8.11. The van der Waals surface area contributed by atoms with Crippen LogP contribution in [-0.4, -0.2) is 28.1 Å². The Bertz CT molecular complexity index is 1140. The molecule has 0 aliphatic rings. The number of hydrogen-bond donors (Lipinski definition) is 1. The third-order valence-electron chi connectivity index (χ3n) is 4.39. The van der Waals surface area contributed by atoms with Crippen LogP contribution in [0, 0.1) is 29.1 Å². The van der Waals surface area contributed by atoms with E-state index in [4.69, 9.17) is 0 Å². The molecule has 146 valence electrons. The van der Waals surface area contributed by atoms with E-state index in [1.807, 2.05) is 0 Å². The van der Waals surface area contributed by atoms with E-state index in [9.17, 15) is 31.5 Å². The Morgan fingerprint density at radius 2 is 1.50 bits per heavy atom. The fourth-order valence-electron chi connectivity index (χ4n) is 2.74. The number of fused-ring (bicyclic) bond motifs is 1. The van der Waals surface area contributed by atoms with E-state index in [0.29, 0.717) is 18.2 Å². The normalized spacial score (nSPS) is 12.2. The number of carbonyl (C=O) groups excluding carboxylic acids is 1. The number of hydrogen-bond acceptors (Lipinski definition) is 3. The van der Waals surface area contributed by atoms with Gasteiger partial charge in [0.2, 0.25) is 0 Å². The van der Waals surface area contributed by atoms with Crippen LogP contribution >= 0.6 is 0 Å². The lowest BCUT2D eigenvalue weighted by Gasteiger charge is -2.25. The summed E-state index contributed by atoms with van der Waals surface area (Å²) in [5.41, 5.74) is -1.20. The predicted octanol–water partition coefficient (Wildman–Crippen LogP) is 3.45. The van der Waals surface area contributed by atoms with Crippen molar-refractivity contribution >= 4 is 16.7 Å². The molecule has 5 nitrogen and oxygen atoms in total. The molecule has 0 saturated carbocycles. The molecule has 1 N–H and O–H groups in total. The van der Waals surface area contributed by atoms with Gasteiger partial charge in [0, 0.05) is 18.0 Å². The van der Waals surface area contributed by atoms with Crippen molar-refractivity contribution in [3.8, 4) is 0 Å². The molecule has 0 radical (unpaired) electrons. The third kappa shape index (κ3) is 3.21. The molecule has 1 amide bonds. The molecular weight excluding hydrogens is 385 g/mol. The zero-order valence-electron chi connectivity index (χ0n) is 14.5. The molecule has 1 heterocycles. The molecule has 28 heavy (non-hydrogen) atoms. The molecule has 1 aromatic heterocycles. The lowest BCUT2D eigenvalue weighted by molar-refractivity contribution is 0.0739. The molecule has 0 saturated heterocycles. The predicted molar refractivity (Wildman–Crippen MR) is 89.1 cm³/mol. The molecule has 1 atom stereocenters. The Balaban J connectivity index is 2.05. The van der Waals surface area contributed by atoms with Gasteiger partial charge in [-0.25, -0.2) is 27.1 Å². The van der Waals surface area contributed by atoms with Crippen LogP contribution in [0.2, 0.25) is 0 Å². The van der Waals surface area contributed by atoms with E-state index in [-0.39, 0.29) is 16.5 Å². The Morgan fingerprint density at radius 3 is 2.07 bits per heavy atom. The number of halogens is 5. The number of aromatic nitrogens is 2. The summed E-state index contributed by atoms with van der Waals surface area (Å²) >= 11 is 0.